The normalized spacial score (nSPS) is 22.5. The summed E-state index contributed by atoms with van der Waals surface area (Å²) in [6.45, 7) is 3.14. The molecule has 0 spiro atoms. The Labute approximate surface area is 120 Å². The smallest absolute Gasteiger partial charge is 0.267 e. The first-order chi connectivity index (χ1) is 9.61. The molecule has 0 saturated heterocycles. The molecule has 0 atom stereocenters. The fourth-order valence-electron chi connectivity index (χ4n) is 2.91. The molecule has 0 unspecified atom stereocenters. The van der Waals surface area contributed by atoms with Crippen molar-refractivity contribution in [2.45, 2.75) is 51.1 Å². The van der Waals surface area contributed by atoms with E-state index in [9.17, 15) is 4.79 Å². The fourth-order valence-corrected chi connectivity index (χ4v) is 2.91. The number of amides is 1. The molecule has 2 rings (SSSR count). The Morgan fingerprint density at radius 3 is 2.70 bits per heavy atom. The monoisotopic (exact) mass is 276 g/mol. The Morgan fingerprint density at radius 1 is 1.40 bits per heavy atom. The van der Waals surface area contributed by atoms with Gasteiger partial charge in [0.05, 0.1) is 0 Å². The van der Waals surface area contributed by atoms with Crippen LogP contribution >= 0.6 is 0 Å². The SMILES string of the molecule is CCCN(c1ccnc(C(N)=O)c1)C1CCC(N)CC1. The summed E-state index contributed by atoms with van der Waals surface area (Å²) >= 11 is 0. The maximum absolute atomic E-state index is 11.3. The van der Waals surface area contributed by atoms with Crippen molar-refractivity contribution in [3.05, 3.63) is 24.0 Å². The minimum atomic E-state index is -0.478. The van der Waals surface area contributed by atoms with Crippen LogP contribution in [0, 0.1) is 0 Å². The highest BCUT2D eigenvalue weighted by molar-refractivity contribution is 5.91. The third-order valence-corrected chi connectivity index (χ3v) is 3.97. The zero-order valence-electron chi connectivity index (χ0n) is 12.1. The second-order valence-corrected chi connectivity index (χ2v) is 5.53. The number of nitrogens with two attached hydrogens (primary N) is 2. The summed E-state index contributed by atoms with van der Waals surface area (Å²) in [7, 11) is 0. The average Bonchev–Trinajstić information content (AvgIpc) is 2.46. The molecule has 1 aliphatic carbocycles. The zero-order chi connectivity index (χ0) is 14.5. The lowest BCUT2D eigenvalue weighted by Crippen LogP contribution is -2.41. The van der Waals surface area contributed by atoms with Crippen LogP contribution in [0.5, 0.6) is 0 Å². The number of anilines is 1. The van der Waals surface area contributed by atoms with E-state index in [2.05, 4.69) is 16.8 Å². The van der Waals surface area contributed by atoms with Gasteiger partial charge in [0, 0.05) is 30.5 Å². The van der Waals surface area contributed by atoms with Crippen LogP contribution in [-0.2, 0) is 0 Å². The van der Waals surface area contributed by atoms with Gasteiger partial charge in [-0.05, 0) is 44.2 Å². The molecule has 1 amide bonds. The van der Waals surface area contributed by atoms with Crippen LogP contribution in [0.15, 0.2) is 18.3 Å². The Balaban J connectivity index is 2.19. The van der Waals surface area contributed by atoms with Crippen molar-refractivity contribution in [1.82, 2.24) is 4.98 Å². The third-order valence-electron chi connectivity index (χ3n) is 3.97. The van der Waals surface area contributed by atoms with Crippen molar-refractivity contribution in [2.24, 2.45) is 11.5 Å². The predicted octanol–water partition coefficient (Wildman–Crippen LogP) is 1.67. The van der Waals surface area contributed by atoms with E-state index in [4.69, 9.17) is 11.5 Å². The highest BCUT2D eigenvalue weighted by Crippen LogP contribution is 2.27. The molecule has 1 aromatic rings. The van der Waals surface area contributed by atoms with Crippen molar-refractivity contribution in [1.29, 1.82) is 0 Å². The molecule has 0 aliphatic heterocycles. The van der Waals surface area contributed by atoms with Gasteiger partial charge >= 0.3 is 0 Å². The van der Waals surface area contributed by atoms with Gasteiger partial charge in [0.1, 0.15) is 5.69 Å². The summed E-state index contributed by atoms with van der Waals surface area (Å²) in [5.74, 6) is -0.478. The van der Waals surface area contributed by atoms with Gasteiger partial charge in [-0.25, -0.2) is 0 Å². The maximum atomic E-state index is 11.3. The van der Waals surface area contributed by atoms with Gasteiger partial charge in [-0.1, -0.05) is 6.92 Å². The number of rotatable bonds is 5. The topological polar surface area (TPSA) is 85.2 Å². The highest BCUT2D eigenvalue weighted by Gasteiger charge is 2.24. The summed E-state index contributed by atoms with van der Waals surface area (Å²) < 4.78 is 0. The van der Waals surface area contributed by atoms with E-state index in [0.29, 0.717) is 17.8 Å². The lowest BCUT2D eigenvalue weighted by Gasteiger charge is -2.37. The molecule has 5 nitrogen and oxygen atoms in total. The molecule has 110 valence electrons. The molecule has 1 fully saturated rings. The van der Waals surface area contributed by atoms with E-state index in [1.807, 2.05) is 6.07 Å². The molecule has 5 heteroatoms. The second kappa shape index (κ2) is 6.70. The molecule has 1 aliphatic rings. The van der Waals surface area contributed by atoms with Crippen molar-refractivity contribution in [3.8, 4) is 0 Å². The largest absolute Gasteiger partial charge is 0.368 e. The van der Waals surface area contributed by atoms with Crippen LogP contribution in [-0.4, -0.2) is 29.5 Å². The minimum Gasteiger partial charge on any atom is -0.368 e. The number of hydrogen-bond acceptors (Lipinski definition) is 4. The van der Waals surface area contributed by atoms with E-state index in [0.717, 1.165) is 44.3 Å². The summed E-state index contributed by atoms with van der Waals surface area (Å²) in [4.78, 5) is 17.7. The lowest BCUT2D eigenvalue weighted by molar-refractivity contribution is 0.0995. The maximum Gasteiger partial charge on any atom is 0.267 e. The molecule has 4 N–H and O–H groups in total. The summed E-state index contributed by atoms with van der Waals surface area (Å²) in [6.07, 6.45) is 7.07. The van der Waals surface area contributed by atoms with Crippen molar-refractivity contribution >= 4 is 11.6 Å². The number of pyridine rings is 1. The van der Waals surface area contributed by atoms with Crippen molar-refractivity contribution in [2.75, 3.05) is 11.4 Å². The molecule has 20 heavy (non-hydrogen) atoms. The van der Waals surface area contributed by atoms with Crippen LogP contribution in [0.25, 0.3) is 0 Å². The number of nitrogens with zero attached hydrogens (tertiary/aromatic N) is 2. The first-order valence-electron chi connectivity index (χ1n) is 7.40. The van der Waals surface area contributed by atoms with Crippen molar-refractivity contribution < 1.29 is 4.79 Å². The van der Waals surface area contributed by atoms with E-state index >= 15 is 0 Å². The summed E-state index contributed by atoms with van der Waals surface area (Å²) in [6, 6.07) is 4.59. The average molecular weight is 276 g/mol. The summed E-state index contributed by atoms with van der Waals surface area (Å²) in [5, 5.41) is 0. The van der Waals surface area contributed by atoms with E-state index in [-0.39, 0.29) is 0 Å². The number of carbonyl (C=O) groups is 1. The fraction of sp³-hybridized carbons (Fsp3) is 0.600. The Hall–Kier alpha value is -1.62. The lowest BCUT2D eigenvalue weighted by atomic mass is 9.90. The van der Waals surface area contributed by atoms with Crippen LogP contribution in [0.2, 0.25) is 0 Å². The second-order valence-electron chi connectivity index (χ2n) is 5.53. The highest BCUT2D eigenvalue weighted by atomic mass is 16.1. The van der Waals surface area contributed by atoms with Gasteiger partial charge in [0.25, 0.3) is 5.91 Å². The van der Waals surface area contributed by atoms with Crippen LogP contribution in [0.4, 0.5) is 5.69 Å². The number of carbonyl (C=O) groups excluding carboxylic acids is 1. The first kappa shape index (κ1) is 14.8. The van der Waals surface area contributed by atoms with E-state index in [1.165, 1.54) is 0 Å². The standard InChI is InChI=1S/C15H24N4O/c1-2-9-19(12-5-3-11(16)4-6-12)13-7-8-18-14(10-13)15(17)20/h7-8,10-12H,2-6,9,16H2,1H3,(H2,17,20). The molecule has 1 heterocycles. The molecule has 0 bridgehead atoms. The van der Waals surface area contributed by atoms with Gasteiger partial charge < -0.3 is 16.4 Å². The number of hydrogen-bond donors (Lipinski definition) is 2. The molecule has 0 radical (unpaired) electrons. The quantitative estimate of drug-likeness (QED) is 0.856. The van der Waals surface area contributed by atoms with Crippen LogP contribution < -0.4 is 16.4 Å². The first-order valence-corrected chi connectivity index (χ1v) is 7.40. The van der Waals surface area contributed by atoms with Gasteiger partial charge in [0.15, 0.2) is 0 Å². The molecular weight excluding hydrogens is 252 g/mol. The zero-order valence-corrected chi connectivity index (χ0v) is 12.1. The number of aromatic nitrogens is 1. The molecular formula is C15H24N4O. The van der Waals surface area contributed by atoms with Crippen molar-refractivity contribution in [3.63, 3.8) is 0 Å². The number of primary amides is 1. The Morgan fingerprint density at radius 2 is 2.10 bits per heavy atom. The van der Waals surface area contributed by atoms with E-state index < -0.39 is 5.91 Å². The van der Waals surface area contributed by atoms with Gasteiger partial charge in [0.2, 0.25) is 0 Å². The van der Waals surface area contributed by atoms with Gasteiger partial charge in [-0.2, -0.15) is 0 Å². The van der Waals surface area contributed by atoms with Crippen LogP contribution in [0.3, 0.4) is 0 Å². The summed E-state index contributed by atoms with van der Waals surface area (Å²) in [5.41, 5.74) is 12.7. The molecule has 1 saturated carbocycles. The molecule has 1 aromatic heterocycles. The van der Waals surface area contributed by atoms with E-state index in [1.54, 1.807) is 12.3 Å². The molecule has 0 aromatic carbocycles. The van der Waals surface area contributed by atoms with Crippen LogP contribution in [0.1, 0.15) is 49.5 Å². The Kier molecular flexibility index (Phi) is 4.95. The minimum absolute atomic E-state index is 0.330. The van der Waals surface area contributed by atoms with Gasteiger partial charge in [-0.3, -0.25) is 9.78 Å². The van der Waals surface area contributed by atoms with Gasteiger partial charge in [-0.15, -0.1) is 0 Å². The Bertz CT molecular complexity index is 455. The third kappa shape index (κ3) is 3.48. The predicted molar refractivity (Wildman–Crippen MR) is 80.6 cm³/mol.